The Bertz CT molecular complexity index is 869. The molecule has 0 saturated heterocycles. The molecule has 1 aliphatic rings. The Hall–Kier alpha value is -1.48. The fourth-order valence-corrected chi connectivity index (χ4v) is 3.63. The number of hydrogen-bond acceptors (Lipinski definition) is 2. The van der Waals surface area contributed by atoms with E-state index in [4.69, 9.17) is 34.8 Å². The summed E-state index contributed by atoms with van der Waals surface area (Å²) in [4.78, 5) is 12.2. The summed E-state index contributed by atoms with van der Waals surface area (Å²) < 4.78 is 0. The number of aliphatic hydroxyl groups excluding tert-OH is 1. The smallest absolute Gasteiger partial charge is 0.167 e. The topological polar surface area (TPSA) is 37.3 Å². The SMILES string of the molecule is CCc1ccc(-c2ccc(Cl)c(Cl)c2Cl)cc1C1=C(O)CCC1=O. The van der Waals surface area contributed by atoms with Crippen molar-refractivity contribution in [3.05, 3.63) is 62.3 Å². The molecule has 5 heteroatoms. The number of allylic oxidation sites excluding steroid dienone is 2. The van der Waals surface area contributed by atoms with Gasteiger partial charge in [-0.05, 0) is 35.2 Å². The average molecular weight is 382 g/mol. The molecule has 0 aromatic heterocycles. The third-order valence-electron chi connectivity index (χ3n) is 4.26. The van der Waals surface area contributed by atoms with Gasteiger partial charge in [-0.25, -0.2) is 0 Å². The minimum atomic E-state index is -0.0282. The van der Waals surface area contributed by atoms with Crippen LogP contribution in [0, 0.1) is 0 Å². The lowest BCUT2D eigenvalue weighted by Crippen LogP contribution is -2.01. The van der Waals surface area contributed by atoms with Crippen molar-refractivity contribution in [2.24, 2.45) is 0 Å². The molecule has 0 radical (unpaired) electrons. The Balaban J connectivity index is 2.20. The first-order valence-corrected chi connectivity index (χ1v) is 8.80. The standard InChI is InChI=1S/C19H15Cl3O2/c1-2-10-3-4-11(12-5-6-14(20)19(22)18(12)21)9-13(10)17-15(23)7-8-16(17)24/h3-6,9,23H,2,7-8H2,1H3. The predicted octanol–water partition coefficient (Wildman–Crippen LogP) is 6.51. The third-order valence-corrected chi connectivity index (χ3v) is 5.56. The van der Waals surface area contributed by atoms with Crippen LogP contribution in [0.1, 0.15) is 30.9 Å². The molecule has 0 aliphatic heterocycles. The highest BCUT2D eigenvalue weighted by atomic mass is 35.5. The van der Waals surface area contributed by atoms with Gasteiger partial charge in [0.05, 0.1) is 20.6 Å². The van der Waals surface area contributed by atoms with Crippen molar-refractivity contribution in [3.63, 3.8) is 0 Å². The first-order chi connectivity index (χ1) is 11.4. The van der Waals surface area contributed by atoms with E-state index in [0.29, 0.717) is 33.5 Å². The van der Waals surface area contributed by atoms with E-state index in [1.807, 2.05) is 25.1 Å². The highest BCUT2D eigenvalue weighted by Crippen LogP contribution is 2.40. The fraction of sp³-hybridized carbons (Fsp3) is 0.211. The summed E-state index contributed by atoms with van der Waals surface area (Å²) in [6.45, 7) is 2.02. The van der Waals surface area contributed by atoms with E-state index in [1.165, 1.54) is 0 Å². The molecule has 0 saturated carbocycles. The molecule has 0 amide bonds. The molecular weight excluding hydrogens is 367 g/mol. The predicted molar refractivity (Wildman–Crippen MR) is 100 cm³/mol. The van der Waals surface area contributed by atoms with Gasteiger partial charge in [-0.1, -0.05) is 59.9 Å². The number of benzene rings is 2. The van der Waals surface area contributed by atoms with Crippen molar-refractivity contribution in [1.29, 1.82) is 0 Å². The third kappa shape index (κ3) is 2.95. The molecule has 24 heavy (non-hydrogen) atoms. The van der Waals surface area contributed by atoms with Crippen LogP contribution < -0.4 is 0 Å². The van der Waals surface area contributed by atoms with Crippen LogP contribution in [0.2, 0.25) is 15.1 Å². The van der Waals surface area contributed by atoms with Gasteiger partial charge in [-0.3, -0.25) is 4.79 Å². The van der Waals surface area contributed by atoms with Crippen molar-refractivity contribution in [1.82, 2.24) is 0 Å². The lowest BCUT2D eigenvalue weighted by Gasteiger charge is -2.13. The van der Waals surface area contributed by atoms with Crippen LogP contribution in [0.15, 0.2) is 36.1 Å². The Morgan fingerprint density at radius 3 is 2.38 bits per heavy atom. The second-order valence-electron chi connectivity index (χ2n) is 5.69. The van der Waals surface area contributed by atoms with E-state index in [1.54, 1.807) is 12.1 Å². The molecule has 2 nitrogen and oxygen atoms in total. The molecule has 0 fully saturated rings. The van der Waals surface area contributed by atoms with Crippen molar-refractivity contribution < 1.29 is 9.90 Å². The summed E-state index contributed by atoms with van der Waals surface area (Å²) in [6, 6.07) is 9.27. The quantitative estimate of drug-likeness (QED) is 0.615. The molecule has 124 valence electrons. The maximum absolute atomic E-state index is 12.2. The minimum Gasteiger partial charge on any atom is -0.512 e. The van der Waals surface area contributed by atoms with E-state index in [-0.39, 0.29) is 11.5 Å². The lowest BCUT2D eigenvalue weighted by atomic mass is 9.92. The molecule has 2 aromatic rings. The van der Waals surface area contributed by atoms with Crippen LogP contribution >= 0.6 is 34.8 Å². The van der Waals surface area contributed by atoms with Gasteiger partial charge in [0.15, 0.2) is 5.78 Å². The second kappa shape index (κ2) is 6.79. The number of Topliss-reactive ketones (excluding diaryl/α,β-unsaturated/α-hetero) is 1. The Kier molecular flexibility index (Phi) is 4.91. The van der Waals surface area contributed by atoms with E-state index < -0.39 is 0 Å². The molecule has 3 rings (SSSR count). The molecule has 0 spiro atoms. The van der Waals surface area contributed by atoms with E-state index in [0.717, 1.165) is 28.7 Å². The molecule has 1 N–H and O–H groups in total. The van der Waals surface area contributed by atoms with Gasteiger partial charge in [0.25, 0.3) is 0 Å². The molecule has 0 heterocycles. The number of halogens is 3. The van der Waals surface area contributed by atoms with Crippen molar-refractivity contribution in [3.8, 4) is 11.1 Å². The molecule has 0 bridgehead atoms. The van der Waals surface area contributed by atoms with Crippen LogP contribution in [-0.4, -0.2) is 10.9 Å². The Morgan fingerprint density at radius 2 is 1.75 bits per heavy atom. The molecule has 0 atom stereocenters. The molecule has 0 unspecified atom stereocenters. The number of carbonyl (C=O) groups excluding carboxylic acids is 1. The van der Waals surface area contributed by atoms with Gasteiger partial charge in [0, 0.05) is 18.4 Å². The van der Waals surface area contributed by atoms with Gasteiger partial charge in [0.1, 0.15) is 5.76 Å². The van der Waals surface area contributed by atoms with Crippen molar-refractivity contribution in [2.75, 3.05) is 0 Å². The number of aliphatic hydroxyl groups is 1. The average Bonchev–Trinajstić information content (AvgIpc) is 2.91. The zero-order chi connectivity index (χ0) is 17.4. The largest absolute Gasteiger partial charge is 0.512 e. The maximum atomic E-state index is 12.2. The van der Waals surface area contributed by atoms with Gasteiger partial charge in [0.2, 0.25) is 0 Å². The van der Waals surface area contributed by atoms with Crippen molar-refractivity contribution in [2.45, 2.75) is 26.2 Å². The van der Waals surface area contributed by atoms with Crippen LogP contribution in [-0.2, 0) is 11.2 Å². The monoisotopic (exact) mass is 380 g/mol. The highest BCUT2D eigenvalue weighted by molar-refractivity contribution is 6.49. The minimum absolute atomic E-state index is 0.0282. The van der Waals surface area contributed by atoms with Crippen LogP contribution in [0.5, 0.6) is 0 Å². The highest BCUT2D eigenvalue weighted by Gasteiger charge is 2.26. The zero-order valence-electron chi connectivity index (χ0n) is 13.0. The first-order valence-electron chi connectivity index (χ1n) is 7.66. The number of aryl methyl sites for hydroxylation is 1. The number of rotatable bonds is 3. The van der Waals surface area contributed by atoms with Crippen LogP contribution in [0.3, 0.4) is 0 Å². The van der Waals surface area contributed by atoms with Gasteiger partial charge < -0.3 is 5.11 Å². The molecular formula is C19H15Cl3O2. The Labute approximate surface area is 155 Å². The lowest BCUT2D eigenvalue weighted by molar-refractivity contribution is -0.113. The molecule has 2 aromatic carbocycles. The normalized spacial score (nSPS) is 14.6. The summed E-state index contributed by atoms with van der Waals surface area (Å²) in [7, 11) is 0. The van der Waals surface area contributed by atoms with Crippen LogP contribution in [0.4, 0.5) is 0 Å². The van der Waals surface area contributed by atoms with Crippen molar-refractivity contribution >= 4 is 46.2 Å². The summed E-state index contributed by atoms with van der Waals surface area (Å²) >= 11 is 18.5. The van der Waals surface area contributed by atoms with Gasteiger partial charge in [-0.2, -0.15) is 0 Å². The number of hydrogen-bond donors (Lipinski definition) is 1. The summed E-state index contributed by atoms with van der Waals surface area (Å²) in [5, 5.41) is 11.2. The molecule has 1 aliphatic carbocycles. The van der Waals surface area contributed by atoms with E-state index in [9.17, 15) is 9.90 Å². The summed E-state index contributed by atoms with van der Waals surface area (Å²) in [6.07, 6.45) is 1.51. The zero-order valence-corrected chi connectivity index (χ0v) is 15.3. The number of ketones is 1. The summed E-state index contributed by atoms with van der Waals surface area (Å²) in [5.41, 5.74) is 3.75. The van der Waals surface area contributed by atoms with E-state index >= 15 is 0 Å². The van der Waals surface area contributed by atoms with Crippen LogP contribution in [0.25, 0.3) is 16.7 Å². The first kappa shape index (κ1) is 17.3. The van der Waals surface area contributed by atoms with Gasteiger partial charge in [-0.15, -0.1) is 0 Å². The Morgan fingerprint density at radius 1 is 1.00 bits per heavy atom. The number of carbonyl (C=O) groups is 1. The fourth-order valence-electron chi connectivity index (χ4n) is 2.98. The van der Waals surface area contributed by atoms with Gasteiger partial charge >= 0.3 is 0 Å². The van der Waals surface area contributed by atoms with E-state index in [2.05, 4.69) is 0 Å². The maximum Gasteiger partial charge on any atom is 0.167 e. The summed E-state index contributed by atoms with van der Waals surface area (Å²) in [5.74, 6) is 0.131. The second-order valence-corrected chi connectivity index (χ2v) is 6.86.